The third kappa shape index (κ3) is 3.95. The van der Waals surface area contributed by atoms with Crippen LogP contribution in [0.15, 0.2) is 6.20 Å². The van der Waals surface area contributed by atoms with Gasteiger partial charge in [0.1, 0.15) is 5.69 Å². The first kappa shape index (κ1) is 15.8. The number of carbonyl (C=O) groups is 1. The van der Waals surface area contributed by atoms with Crippen LogP contribution < -0.4 is 5.73 Å². The highest BCUT2D eigenvalue weighted by Gasteiger charge is 2.26. The highest BCUT2D eigenvalue weighted by molar-refractivity contribution is 5.97. The van der Waals surface area contributed by atoms with Gasteiger partial charge < -0.3 is 20.1 Å². The van der Waals surface area contributed by atoms with E-state index in [0.29, 0.717) is 44.3 Å². The summed E-state index contributed by atoms with van der Waals surface area (Å²) in [7, 11) is 1.73. The van der Waals surface area contributed by atoms with Crippen LogP contribution in [0.5, 0.6) is 0 Å². The Labute approximate surface area is 125 Å². The monoisotopic (exact) mass is 296 g/mol. The number of nitrogens with two attached hydrogens (primary N) is 1. The quantitative estimate of drug-likeness (QED) is 0.780. The predicted octanol–water partition coefficient (Wildman–Crippen LogP) is 0.660. The molecule has 1 aliphatic heterocycles. The first-order chi connectivity index (χ1) is 10.1. The van der Waals surface area contributed by atoms with Gasteiger partial charge >= 0.3 is 0 Å². The molecule has 118 valence electrons. The summed E-state index contributed by atoms with van der Waals surface area (Å²) < 4.78 is 12.5. The molecule has 1 aromatic heterocycles. The number of aromatic nitrogens is 2. The van der Waals surface area contributed by atoms with Gasteiger partial charge in [-0.3, -0.25) is 9.48 Å². The number of carbonyl (C=O) groups excluding carboxylic acids is 1. The van der Waals surface area contributed by atoms with E-state index in [1.165, 1.54) is 10.9 Å². The fourth-order valence-corrected chi connectivity index (χ4v) is 2.51. The molecule has 0 aromatic carbocycles. The highest BCUT2D eigenvalue weighted by Crippen LogP contribution is 2.18. The number of rotatable bonds is 6. The molecule has 0 bridgehead atoms. The summed E-state index contributed by atoms with van der Waals surface area (Å²) in [6, 6.07) is 0. The topological polar surface area (TPSA) is 82.6 Å². The van der Waals surface area contributed by atoms with E-state index in [1.807, 2.05) is 11.8 Å². The maximum absolute atomic E-state index is 12.4. The van der Waals surface area contributed by atoms with Crippen LogP contribution in [-0.2, 0) is 16.5 Å². The van der Waals surface area contributed by atoms with Crippen LogP contribution in [0.3, 0.4) is 0 Å². The van der Waals surface area contributed by atoms with Crippen LogP contribution in [0.25, 0.3) is 0 Å². The Bertz CT molecular complexity index is 447. The van der Waals surface area contributed by atoms with Crippen molar-refractivity contribution in [3.63, 3.8) is 0 Å². The molecule has 21 heavy (non-hydrogen) atoms. The zero-order chi connectivity index (χ0) is 15.2. The summed E-state index contributed by atoms with van der Waals surface area (Å²) in [5, 5.41) is 4.01. The van der Waals surface area contributed by atoms with E-state index in [9.17, 15) is 4.79 Å². The minimum absolute atomic E-state index is 0.0553. The van der Waals surface area contributed by atoms with Gasteiger partial charge in [-0.1, -0.05) is 0 Å². The third-order valence-corrected chi connectivity index (χ3v) is 3.68. The number of nitrogens with zero attached hydrogens (tertiary/aromatic N) is 3. The molecule has 2 N–H and O–H groups in total. The summed E-state index contributed by atoms with van der Waals surface area (Å²) >= 11 is 0. The number of amides is 1. The van der Waals surface area contributed by atoms with Gasteiger partial charge in [-0.25, -0.2) is 0 Å². The van der Waals surface area contributed by atoms with Crippen LogP contribution in [0, 0.1) is 0 Å². The van der Waals surface area contributed by atoms with Crippen molar-refractivity contribution >= 4 is 11.6 Å². The highest BCUT2D eigenvalue weighted by atomic mass is 16.5. The van der Waals surface area contributed by atoms with Gasteiger partial charge in [-0.05, 0) is 19.8 Å². The zero-order valence-corrected chi connectivity index (χ0v) is 12.7. The van der Waals surface area contributed by atoms with Crippen LogP contribution in [-0.4, -0.2) is 59.6 Å². The van der Waals surface area contributed by atoms with Crippen LogP contribution in [0.1, 0.15) is 30.3 Å². The summed E-state index contributed by atoms with van der Waals surface area (Å²) in [5.74, 6) is -0.0553. The van der Waals surface area contributed by atoms with Crippen molar-refractivity contribution in [2.24, 2.45) is 7.05 Å². The second kappa shape index (κ2) is 7.42. The van der Waals surface area contributed by atoms with Crippen molar-refractivity contribution in [1.82, 2.24) is 14.7 Å². The molecule has 0 atom stereocenters. The molecule has 0 unspecified atom stereocenters. The van der Waals surface area contributed by atoms with E-state index in [2.05, 4.69) is 5.10 Å². The molecule has 2 rings (SSSR count). The normalized spacial score (nSPS) is 16.4. The fraction of sp³-hybridized carbons (Fsp3) is 0.714. The molecular formula is C14H24N4O3. The molecule has 0 saturated carbocycles. The second-order valence-corrected chi connectivity index (χ2v) is 5.13. The molecule has 7 nitrogen and oxygen atoms in total. The van der Waals surface area contributed by atoms with E-state index in [1.54, 1.807) is 7.05 Å². The van der Waals surface area contributed by atoms with Crippen LogP contribution in [0.4, 0.5) is 5.69 Å². The molecule has 1 amide bonds. The van der Waals surface area contributed by atoms with Crippen molar-refractivity contribution in [2.75, 3.05) is 38.6 Å². The third-order valence-electron chi connectivity index (χ3n) is 3.68. The molecule has 0 spiro atoms. The minimum Gasteiger partial charge on any atom is -0.396 e. The van der Waals surface area contributed by atoms with Crippen molar-refractivity contribution in [3.8, 4) is 0 Å². The lowest BCUT2D eigenvalue weighted by Crippen LogP contribution is -2.42. The largest absolute Gasteiger partial charge is 0.396 e. The van der Waals surface area contributed by atoms with E-state index in [0.717, 1.165) is 12.8 Å². The Kier molecular flexibility index (Phi) is 5.58. The zero-order valence-electron chi connectivity index (χ0n) is 12.7. The first-order valence-electron chi connectivity index (χ1n) is 7.39. The van der Waals surface area contributed by atoms with E-state index in [-0.39, 0.29) is 12.0 Å². The van der Waals surface area contributed by atoms with Gasteiger partial charge in [-0.15, -0.1) is 0 Å². The Morgan fingerprint density at radius 1 is 1.43 bits per heavy atom. The summed E-state index contributed by atoms with van der Waals surface area (Å²) in [4.78, 5) is 14.2. The Balaban J connectivity index is 1.80. The molecule has 1 saturated heterocycles. The van der Waals surface area contributed by atoms with Gasteiger partial charge in [0.25, 0.3) is 5.91 Å². The van der Waals surface area contributed by atoms with Crippen LogP contribution >= 0.6 is 0 Å². The lowest BCUT2D eigenvalue weighted by Gasteiger charge is -2.32. The number of likely N-dealkylation sites (tertiary alicyclic amines) is 1. The SMILES string of the molecule is CCOCCOC1CCN(C(=O)c2c(N)cnn2C)CC1. The summed E-state index contributed by atoms with van der Waals surface area (Å²) in [5.41, 5.74) is 6.69. The molecule has 2 heterocycles. The fourth-order valence-electron chi connectivity index (χ4n) is 2.51. The van der Waals surface area contributed by atoms with Gasteiger partial charge in [0.2, 0.25) is 0 Å². The number of piperidine rings is 1. The molecule has 1 aromatic rings. The van der Waals surface area contributed by atoms with E-state index in [4.69, 9.17) is 15.2 Å². The number of nitrogen functional groups attached to an aromatic ring is 1. The molecule has 7 heteroatoms. The Morgan fingerprint density at radius 3 is 2.71 bits per heavy atom. The van der Waals surface area contributed by atoms with Crippen molar-refractivity contribution in [2.45, 2.75) is 25.9 Å². The van der Waals surface area contributed by atoms with Gasteiger partial charge in [0, 0.05) is 26.7 Å². The Morgan fingerprint density at radius 2 is 2.14 bits per heavy atom. The van der Waals surface area contributed by atoms with Gasteiger partial charge in [0.05, 0.1) is 31.2 Å². The number of hydrogen-bond acceptors (Lipinski definition) is 5. The van der Waals surface area contributed by atoms with Crippen molar-refractivity contribution < 1.29 is 14.3 Å². The smallest absolute Gasteiger partial charge is 0.274 e. The second-order valence-electron chi connectivity index (χ2n) is 5.13. The van der Waals surface area contributed by atoms with E-state index < -0.39 is 0 Å². The maximum Gasteiger partial charge on any atom is 0.274 e. The van der Waals surface area contributed by atoms with E-state index >= 15 is 0 Å². The standard InChI is InChI=1S/C14H24N4O3/c1-3-20-8-9-21-11-4-6-18(7-5-11)14(19)13-12(15)10-16-17(13)2/h10-11H,3-9,15H2,1-2H3. The average molecular weight is 296 g/mol. The summed E-state index contributed by atoms with van der Waals surface area (Å²) in [6.07, 6.45) is 3.40. The lowest BCUT2D eigenvalue weighted by molar-refractivity contribution is -0.0183. The predicted molar refractivity (Wildman–Crippen MR) is 79.0 cm³/mol. The molecule has 0 radical (unpaired) electrons. The number of hydrogen-bond donors (Lipinski definition) is 1. The average Bonchev–Trinajstić information content (AvgIpc) is 2.83. The molecule has 1 aliphatic rings. The van der Waals surface area contributed by atoms with Crippen molar-refractivity contribution in [1.29, 1.82) is 0 Å². The van der Waals surface area contributed by atoms with Gasteiger partial charge in [-0.2, -0.15) is 5.10 Å². The molecule has 1 fully saturated rings. The van der Waals surface area contributed by atoms with Gasteiger partial charge in [0.15, 0.2) is 0 Å². The number of anilines is 1. The number of aryl methyl sites for hydroxylation is 1. The lowest BCUT2D eigenvalue weighted by atomic mass is 10.1. The maximum atomic E-state index is 12.4. The first-order valence-corrected chi connectivity index (χ1v) is 7.39. The summed E-state index contributed by atoms with van der Waals surface area (Å²) in [6.45, 7) is 5.28. The van der Waals surface area contributed by atoms with Crippen LogP contribution in [0.2, 0.25) is 0 Å². The Hall–Kier alpha value is -1.60. The van der Waals surface area contributed by atoms with Crippen molar-refractivity contribution in [3.05, 3.63) is 11.9 Å². The molecular weight excluding hydrogens is 272 g/mol. The minimum atomic E-state index is -0.0553. The number of ether oxygens (including phenoxy) is 2. The molecule has 0 aliphatic carbocycles.